The van der Waals surface area contributed by atoms with Gasteiger partial charge in [-0.05, 0) is 50.0 Å². The van der Waals surface area contributed by atoms with Gasteiger partial charge in [0.2, 0.25) is 5.91 Å². The summed E-state index contributed by atoms with van der Waals surface area (Å²) in [6.07, 6.45) is 3.15. The van der Waals surface area contributed by atoms with Gasteiger partial charge >= 0.3 is 0 Å². The Labute approximate surface area is 209 Å². The molecule has 1 unspecified atom stereocenters. The number of benzene rings is 1. The third kappa shape index (κ3) is 8.93. The number of halogens is 1. The number of hydrogen-bond acceptors (Lipinski definition) is 4. The van der Waals surface area contributed by atoms with E-state index in [1.807, 2.05) is 24.3 Å². The molecule has 1 aliphatic heterocycles. The highest BCUT2D eigenvalue weighted by Gasteiger charge is 2.22. The van der Waals surface area contributed by atoms with Gasteiger partial charge in [-0.15, -0.1) is 24.0 Å². The molecule has 2 rings (SSSR count). The van der Waals surface area contributed by atoms with Crippen LogP contribution in [-0.4, -0.2) is 99.4 Å². The molecule has 1 saturated heterocycles. The summed E-state index contributed by atoms with van der Waals surface area (Å²) < 4.78 is 0. The summed E-state index contributed by atoms with van der Waals surface area (Å²) in [5, 5.41) is 6.76. The first-order valence-corrected chi connectivity index (χ1v) is 11.1. The van der Waals surface area contributed by atoms with Crippen molar-refractivity contribution in [2.24, 2.45) is 4.99 Å². The number of aliphatic imine (C=N–C) groups is 1. The maximum absolute atomic E-state index is 12.2. The van der Waals surface area contributed by atoms with Crippen molar-refractivity contribution in [3.05, 3.63) is 35.4 Å². The molecule has 0 aliphatic carbocycles. The van der Waals surface area contributed by atoms with Crippen molar-refractivity contribution in [3.63, 3.8) is 0 Å². The first-order valence-electron chi connectivity index (χ1n) is 11.1. The Morgan fingerprint density at radius 3 is 2.56 bits per heavy atom. The van der Waals surface area contributed by atoms with E-state index in [0.717, 1.165) is 31.6 Å². The van der Waals surface area contributed by atoms with Crippen LogP contribution in [0.4, 0.5) is 0 Å². The van der Waals surface area contributed by atoms with Crippen molar-refractivity contribution in [1.82, 2.24) is 25.3 Å². The zero-order valence-electron chi connectivity index (χ0n) is 20.1. The van der Waals surface area contributed by atoms with Gasteiger partial charge in [0.1, 0.15) is 6.54 Å². The van der Waals surface area contributed by atoms with Gasteiger partial charge in [0, 0.05) is 52.9 Å². The number of carbonyl (C=O) groups is 2. The van der Waals surface area contributed by atoms with Crippen LogP contribution >= 0.6 is 24.0 Å². The third-order valence-electron chi connectivity index (χ3n) is 5.57. The highest BCUT2D eigenvalue weighted by Crippen LogP contribution is 2.15. The summed E-state index contributed by atoms with van der Waals surface area (Å²) in [6, 6.07) is 8.19. The molecular weight excluding hydrogens is 519 g/mol. The van der Waals surface area contributed by atoms with Crippen LogP contribution in [0.2, 0.25) is 0 Å². The Morgan fingerprint density at radius 1 is 1.16 bits per heavy atom. The maximum Gasteiger partial charge on any atom is 0.253 e. The lowest BCUT2D eigenvalue weighted by molar-refractivity contribution is -0.127. The monoisotopic (exact) mass is 558 g/mol. The number of hydrogen-bond donors (Lipinski definition) is 2. The highest BCUT2D eigenvalue weighted by atomic mass is 127. The molecule has 0 aromatic heterocycles. The van der Waals surface area contributed by atoms with Gasteiger partial charge in [0.15, 0.2) is 5.96 Å². The van der Waals surface area contributed by atoms with E-state index in [0.29, 0.717) is 24.1 Å². The van der Waals surface area contributed by atoms with Crippen molar-refractivity contribution in [1.29, 1.82) is 0 Å². The average Bonchev–Trinajstić information content (AvgIpc) is 3.22. The van der Waals surface area contributed by atoms with Gasteiger partial charge in [0.05, 0.1) is 0 Å². The molecule has 0 bridgehead atoms. The Balaban J connectivity index is 0.00000512. The van der Waals surface area contributed by atoms with Crippen LogP contribution in [-0.2, 0) is 11.2 Å². The summed E-state index contributed by atoms with van der Waals surface area (Å²) in [5.41, 5.74) is 1.77. The van der Waals surface area contributed by atoms with E-state index in [-0.39, 0.29) is 42.3 Å². The van der Waals surface area contributed by atoms with Gasteiger partial charge in [-0.25, -0.2) is 4.99 Å². The van der Waals surface area contributed by atoms with Crippen LogP contribution < -0.4 is 10.6 Å². The van der Waals surface area contributed by atoms with E-state index in [1.54, 1.807) is 38.0 Å². The van der Waals surface area contributed by atoms with E-state index in [4.69, 9.17) is 0 Å². The van der Waals surface area contributed by atoms with E-state index in [9.17, 15) is 9.59 Å². The van der Waals surface area contributed by atoms with Crippen molar-refractivity contribution >= 4 is 41.8 Å². The topological polar surface area (TPSA) is 80.3 Å². The minimum atomic E-state index is -0.0351. The molecule has 0 spiro atoms. The molecule has 1 fully saturated rings. The number of likely N-dealkylation sites (tertiary alicyclic amines) is 1. The van der Waals surface area contributed by atoms with E-state index in [2.05, 4.69) is 27.4 Å². The van der Waals surface area contributed by atoms with Crippen LogP contribution in [0, 0.1) is 0 Å². The van der Waals surface area contributed by atoms with Gasteiger partial charge in [-0.3, -0.25) is 14.5 Å². The fourth-order valence-corrected chi connectivity index (χ4v) is 3.66. The second-order valence-corrected chi connectivity index (χ2v) is 8.34. The minimum absolute atomic E-state index is 0. The standard InChI is InChI=1S/C23H38N6O2.HI/c1-6-29-14-8-11-20(29)16-25-23(26-17-21(30)27(2)3)24-13-12-18-9-7-10-19(15-18)22(31)28(4)5;/h7,9-10,15,20H,6,8,11-14,16-17H2,1-5H3,(H2,24,25,26);1H. The second kappa shape index (κ2) is 14.3. The zero-order chi connectivity index (χ0) is 22.8. The van der Waals surface area contributed by atoms with Crippen molar-refractivity contribution in [2.75, 3.05) is 60.9 Å². The predicted octanol–water partition coefficient (Wildman–Crippen LogP) is 1.66. The molecule has 1 aromatic carbocycles. The van der Waals surface area contributed by atoms with Crippen molar-refractivity contribution in [3.8, 4) is 0 Å². The molecule has 0 radical (unpaired) electrons. The minimum Gasteiger partial charge on any atom is -0.356 e. The lowest BCUT2D eigenvalue weighted by atomic mass is 10.1. The first-order chi connectivity index (χ1) is 14.8. The molecular formula is C23H39IN6O2. The lowest BCUT2D eigenvalue weighted by Gasteiger charge is -2.24. The number of nitrogens with zero attached hydrogens (tertiary/aromatic N) is 4. The fourth-order valence-electron chi connectivity index (χ4n) is 3.66. The number of carbonyl (C=O) groups excluding carboxylic acids is 2. The van der Waals surface area contributed by atoms with E-state index >= 15 is 0 Å². The summed E-state index contributed by atoms with van der Waals surface area (Å²) >= 11 is 0. The number of guanidine groups is 1. The van der Waals surface area contributed by atoms with Crippen molar-refractivity contribution in [2.45, 2.75) is 32.2 Å². The van der Waals surface area contributed by atoms with Crippen molar-refractivity contribution < 1.29 is 9.59 Å². The molecule has 1 atom stereocenters. The summed E-state index contributed by atoms with van der Waals surface area (Å²) in [4.78, 5) is 34.2. The van der Waals surface area contributed by atoms with Gasteiger partial charge in [0.25, 0.3) is 5.91 Å². The normalized spacial score (nSPS) is 16.3. The number of rotatable bonds is 9. The molecule has 2 N–H and O–H groups in total. The van der Waals surface area contributed by atoms with Gasteiger partial charge < -0.3 is 20.4 Å². The molecule has 2 amide bonds. The SMILES string of the molecule is CCN1CCCC1CNC(=NCC(=O)N(C)C)NCCc1cccc(C(=O)N(C)C)c1.I. The quantitative estimate of drug-likeness (QED) is 0.274. The molecule has 9 heteroatoms. The molecule has 180 valence electrons. The molecule has 32 heavy (non-hydrogen) atoms. The van der Waals surface area contributed by atoms with Gasteiger partial charge in [-0.2, -0.15) is 0 Å². The molecule has 8 nitrogen and oxygen atoms in total. The Hall–Kier alpha value is -1.88. The van der Waals surface area contributed by atoms with Crippen LogP contribution in [0.25, 0.3) is 0 Å². The Kier molecular flexibility index (Phi) is 12.6. The fraction of sp³-hybridized carbons (Fsp3) is 0.609. The number of nitrogens with one attached hydrogen (secondary N) is 2. The van der Waals surface area contributed by atoms with Crippen LogP contribution in [0.15, 0.2) is 29.3 Å². The van der Waals surface area contributed by atoms with E-state index in [1.165, 1.54) is 12.8 Å². The second-order valence-electron chi connectivity index (χ2n) is 8.34. The third-order valence-corrected chi connectivity index (χ3v) is 5.57. The average molecular weight is 559 g/mol. The molecule has 1 aromatic rings. The maximum atomic E-state index is 12.2. The largest absolute Gasteiger partial charge is 0.356 e. The molecule has 1 heterocycles. The highest BCUT2D eigenvalue weighted by molar-refractivity contribution is 14.0. The first kappa shape index (κ1) is 28.2. The summed E-state index contributed by atoms with van der Waals surface area (Å²) in [5.74, 6) is 0.615. The predicted molar refractivity (Wildman–Crippen MR) is 141 cm³/mol. The number of likely N-dealkylation sites (N-methyl/N-ethyl adjacent to an activating group) is 2. The Bertz CT molecular complexity index is 769. The molecule has 1 aliphatic rings. The zero-order valence-corrected chi connectivity index (χ0v) is 22.4. The lowest BCUT2D eigenvalue weighted by Crippen LogP contribution is -2.45. The van der Waals surface area contributed by atoms with Gasteiger partial charge in [-0.1, -0.05) is 19.1 Å². The smallest absolute Gasteiger partial charge is 0.253 e. The number of amides is 2. The van der Waals surface area contributed by atoms with Crippen LogP contribution in [0.5, 0.6) is 0 Å². The molecule has 0 saturated carbocycles. The van der Waals surface area contributed by atoms with E-state index < -0.39 is 0 Å². The summed E-state index contributed by atoms with van der Waals surface area (Å²) in [7, 11) is 6.98. The van der Waals surface area contributed by atoms with Crippen LogP contribution in [0.1, 0.15) is 35.7 Å². The summed E-state index contributed by atoms with van der Waals surface area (Å²) in [6.45, 7) is 5.96. The Morgan fingerprint density at radius 2 is 1.91 bits per heavy atom. The van der Waals surface area contributed by atoms with Crippen LogP contribution in [0.3, 0.4) is 0 Å².